The van der Waals surface area contributed by atoms with E-state index in [1.165, 1.54) is 25.3 Å². The third-order valence-electron chi connectivity index (χ3n) is 2.76. The molecule has 0 atom stereocenters. The highest BCUT2D eigenvalue weighted by Gasteiger charge is 2.16. The van der Waals surface area contributed by atoms with Crippen LogP contribution in [0.5, 0.6) is 5.75 Å². The van der Waals surface area contributed by atoms with Gasteiger partial charge in [0, 0.05) is 16.6 Å². The third kappa shape index (κ3) is 3.38. The van der Waals surface area contributed by atoms with Crippen molar-refractivity contribution < 1.29 is 14.5 Å². The molecule has 0 heterocycles. The second-order valence-electron chi connectivity index (χ2n) is 4.08. The van der Waals surface area contributed by atoms with Crippen LogP contribution in [0.4, 0.5) is 11.4 Å². The van der Waals surface area contributed by atoms with E-state index in [9.17, 15) is 14.9 Å². The molecule has 0 aromatic heterocycles. The molecular formula is C14H11BrN2O4. The molecule has 0 fully saturated rings. The zero-order valence-corrected chi connectivity index (χ0v) is 12.6. The first-order valence-corrected chi connectivity index (χ1v) is 6.70. The number of methoxy groups -OCH3 is 1. The Hall–Kier alpha value is -2.41. The average Bonchev–Trinajstić information content (AvgIpc) is 2.47. The Morgan fingerprint density at radius 2 is 2.00 bits per heavy atom. The summed E-state index contributed by atoms with van der Waals surface area (Å²) in [5, 5.41) is 13.5. The van der Waals surface area contributed by atoms with Crippen LogP contribution in [0.25, 0.3) is 0 Å². The lowest BCUT2D eigenvalue weighted by Crippen LogP contribution is -2.13. The van der Waals surface area contributed by atoms with Crippen LogP contribution in [0.15, 0.2) is 46.9 Å². The SMILES string of the molecule is COc1ccccc1NC(=O)c1cc([N+](=O)[O-])ccc1Br. The molecule has 1 N–H and O–H groups in total. The molecule has 1 amide bonds. The highest BCUT2D eigenvalue weighted by atomic mass is 79.9. The third-order valence-corrected chi connectivity index (χ3v) is 3.45. The summed E-state index contributed by atoms with van der Waals surface area (Å²) in [5.41, 5.74) is 0.516. The molecule has 2 aromatic rings. The first-order chi connectivity index (χ1) is 10.0. The number of para-hydroxylation sites is 2. The van der Waals surface area contributed by atoms with Gasteiger partial charge in [-0.05, 0) is 34.1 Å². The molecule has 0 radical (unpaired) electrons. The largest absolute Gasteiger partial charge is 0.495 e. The smallest absolute Gasteiger partial charge is 0.270 e. The lowest BCUT2D eigenvalue weighted by molar-refractivity contribution is -0.384. The Balaban J connectivity index is 2.32. The van der Waals surface area contributed by atoms with Gasteiger partial charge in [-0.15, -0.1) is 0 Å². The van der Waals surface area contributed by atoms with Gasteiger partial charge in [-0.3, -0.25) is 14.9 Å². The molecule has 108 valence electrons. The highest BCUT2D eigenvalue weighted by molar-refractivity contribution is 9.10. The van der Waals surface area contributed by atoms with Gasteiger partial charge in [0.1, 0.15) is 5.75 Å². The number of anilines is 1. The van der Waals surface area contributed by atoms with E-state index in [1.54, 1.807) is 24.3 Å². The molecule has 0 spiro atoms. The number of nitro benzene ring substituents is 1. The van der Waals surface area contributed by atoms with Crippen molar-refractivity contribution in [3.05, 3.63) is 62.6 Å². The molecule has 0 saturated carbocycles. The fourth-order valence-electron chi connectivity index (χ4n) is 1.74. The number of ether oxygens (including phenoxy) is 1. The van der Waals surface area contributed by atoms with Crippen molar-refractivity contribution in [3.8, 4) is 5.75 Å². The number of hydrogen-bond acceptors (Lipinski definition) is 4. The topological polar surface area (TPSA) is 81.5 Å². The summed E-state index contributed by atoms with van der Waals surface area (Å²) in [6.07, 6.45) is 0. The summed E-state index contributed by atoms with van der Waals surface area (Å²) in [6.45, 7) is 0. The van der Waals surface area contributed by atoms with Crippen LogP contribution in [-0.4, -0.2) is 17.9 Å². The monoisotopic (exact) mass is 350 g/mol. The van der Waals surface area contributed by atoms with Crippen LogP contribution in [0, 0.1) is 10.1 Å². The number of carbonyl (C=O) groups excluding carboxylic acids is 1. The molecule has 0 aliphatic rings. The normalized spacial score (nSPS) is 10.0. The van der Waals surface area contributed by atoms with Gasteiger partial charge in [0.25, 0.3) is 11.6 Å². The molecule has 6 nitrogen and oxygen atoms in total. The lowest BCUT2D eigenvalue weighted by Gasteiger charge is -2.10. The molecule has 0 bridgehead atoms. The molecule has 0 saturated heterocycles. The fraction of sp³-hybridized carbons (Fsp3) is 0.0714. The van der Waals surface area contributed by atoms with Gasteiger partial charge < -0.3 is 10.1 Å². The van der Waals surface area contributed by atoms with Gasteiger partial charge >= 0.3 is 0 Å². The molecule has 2 aromatic carbocycles. The number of amides is 1. The Morgan fingerprint density at radius 1 is 1.29 bits per heavy atom. The van der Waals surface area contributed by atoms with Crippen molar-refractivity contribution in [3.63, 3.8) is 0 Å². The van der Waals surface area contributed by atoms with E-state index in [1.807, 2.05) is 0 Å². The fourth-order valence-corrected chi connectivity index (χ4v) is 2.17. The van der Waals surface area contributed by atoms with E-state index >= 15 is 0 Å². The standard InChI is InChI=1S/C14H11BrN2O4/c1-21-13-5-3-2-4-12(13)16-14(18)10-8-9(17(19)20)6-7-11(10)15/h2-8H,1H3,(H,16,18). The van der Waals surface area contributed by atoms with Crippen LogP contribution in [-0.2, 0) is 0 Å². The summed E-state index contributed by atoms with van der Waals surface area (Å²) >= 11 is 3.21. The summed E-state index contributed by atoms with van der Waals surface area (Å²) in [7, 11) is 1.49. The number of nitrogens with zero attached hydrogens (tertiary/aromatic N) is 1. The second kappa shape index (κ2) is 6.36. The maximum absolute atomic E-state index is 12.3. The predicted octanol–water partition coefficient (Wildman–Crippen LogP) is 3.62. The maximum Gasteiger partial charge on any atom is 0.270 e. The van der Waals surface area contributed by atoms with Crippen LogP contribution in [0.3, 0.4) is 0 Å². The molecule has 0 unspecified atom stereocenters. The summed E-state index contributed by atoms with van der Waals surface area (Å²) in [4.78, 5) is 22.5. The number of halogens is 1. The maximum atomic E-state index is 12.3. The van der Waals surface area contributed by atoms with E-state index in [2.05, 4.69) is 21.2 Å². The van der Waals surface area contributed by atoms with Crippen LogP contribution in [0.1, 0.15) is 10.4 Å². The van der Waals surface area contributed by atoms with Crippen molar-refractivity contribution in [1.82, 2.24) is 0 Å². The van der Waals surface area contributed by atoms with Gasteiger partial charge in [-0.25, -0.2) is 0 Å². The van der Waals surface area contributed by atoms with Crippen molar-refractivity contribution in [2.75, 3.05) is 12.4 Å². The van der Waals surface area contributed by atoms with Crippen LogP contribution in [0.2, 0.25) is 0 Å². The first kappa shape index (κ1) is 15.0. The number of nitrogens with one attached hydrogen (secondary N) is 1. The van der Waals surface area contributed by atoms with Gasteiger partial charge in [-0.1, -0.05) is 12.1 Å². The Labute approximate surface area is 129 Å². The number of benzene rings is 2. The lowest BCUT2D eigenvalue weighted by atomic mass is 10.2. The Kier molecular flexibility index (Phi) is 4.54. The molecule has 0 aliphatic heterocycles. The molecule has 0 aliphatic carbocycles. The predicted molar refractivity (Wildman–Crippen MR) is 81.7 cm³/mol. The molecule has 7 heteroatoms. The van der Waals surface area contributed by atoms with Crippen LogP contribution >= 0.6 is 15.9 Å². The van der Waals surface area contributed by atoms with Crippen molar-refractivity contribution in [2.24, 2.45) is 0 Å². The minimum Gasteiger partial charge on any atom is -0.495 e. The molecule has 21 heavy (non-hydrogen) atoms. The van der Waals surface area contributed by atoms with Gasteiger partial charge in [0.15, 0.2) is 0 Å². The number of hydrogen-bond donors (Lipinski definition) is 1. The minimum absolute atomic E-state index is 0.150. The average molecular weight is 351 g/mol. The van der Waals surface area contributed by atoms with Gasteiger partial charge in [-0.2, -0.15) is 0 Å². The van der Waals surface area contributed by atoms with Crippen molar-refractivity contribution >= 4 is 33.2 Å². The van der Waals surface area contributed by atoms with Crippen LogP contribution < -0.4 is 10.1 Å². The van der Waals surface area contributed by atoms with E-state index in [0.29, 0.717) is 15.9 Å². The second-order valence-corrected chi connectivity index (χ2v) is 4.93. The van der Waals surface area contributed by atoms with E-state index in [0.717, 1.165) is 0 Å². The highest BCUT2D eigenvalue weighted by Crippen LogP contribution is 2.27. The van der Waals surface area contributed by atoms with Gasteiger partial charge in [0.05, 0.1) is 23.3 Å². The van der Waals surface area contributed by atoms with E-state index in [-0.39, 0.29) is 11.3 Å². The number of rotatable bonds is 4. The first-order valence-electron chi connectivity index (χ1n) is 5.91. The van der Waals surface area contributed by atoms with E-state index in [4.69, 9.17) is 4.74 Å². The number of carbonyl (C=O) groups is 1. The van der Waals surface area contributed by atoms with Gasteiger partial charge in [0.2, 0.25) is 0 Å². The molecule has 2 rings (SSSR count). The summed E-state index contributed by atoms with van der Waals surface area (Å²) in [6, 6.07) is 10.9. The van der Waals surface area contributed by atoms with Crippen molar-refractivity contribution in [1.29, 1.82) is 0 Å². The minimum atomic E-state index is -0.549. The Morgan fingerprint density at radius 3 is 2.67 bits per heavy atom. The quantitative estimate of drug-likeness (QED) is 0.674. The zero-order valence-electron chi connectivity index (χ0n) is 11.0. The number of nitro groups is 1. The van der Waals surface area contributed by atoms with E-state index < -0.39 is 10.8 Å². The summed E-state index contributed by atoms with van der Waals surface area (Å²) in [5.74, 6) is 0.0440. The molecular weight excluding hydrogens is 340 g/mol. The zero-order chi connectivity index (χ0) is 15.4. The van der Waals surface area contributed by atoms with Crippen molar-refractivity contribution in [2.45, 2.75) is 0 Å². The number of non-ortho nitro benzene ring substituents is 1. The summed E-state index contributed by atoms with van der Waals surface area (Å²) < 4.78 is 5.61. The Bertz CT molecular complexity index is 703.